The highest BCUT2D eigenvalue weighted by Crippen LogP contribution is 2.49. The number of nitrogens with zero attached hydrogens (tertiary/aromatic N) is 2. The Kier molecular flexibility index (Phi) is 6.86. The molecule has 4 heteroatoms. The van der Waals surface area contributed by atoms with Gasteiger partial charge in [-0.3, -0.25) is 0 Å². The van der Waals surface area contributed by atoms with Crippen molar-refractivity contribution in [1.82, 2.24) is 4.57 Å². The summed E-state index contributed by atoms with van der Waals surface area (Å²) in [5, 5.41) is 4.87. The van der Waals surface area contributed by atoms with E-state index < -0.39 is 0 Å². The predicted octanol–water partition coefficient (Wildman–Crippen LogP) is 12.7. The zero-order valence-electron chi connectivity index (χ0n) is 29.2. The molecule has 0 amide bonds. The van der Waals surface area contributed by atoms with Crippen LogP contribution in [0.2, 0.25) is 0 Å². The molecule has 11 rings (SSSR count). The molecule has 0 bridgehead atoms. The minimum atomic E-state index is 0.0318. The maximum atomic E-state index is 6.70. The molecule has 7 aromatic rings. The number of hydrogen-bond donors (Lipinski definition) is 0. The van der Waals surface area contributed by atoms with Gasteiger partial charge in [0.15, 0.2) is 0 Å². The number of furan rings is 1. The highest BCUT2D eigenvalue weighted by atomic mass is 16.5. The lowest BCUT2D eigenvalue weighted by Crippen LogP contribution is -2.43. The lowest BCUT2D eigenvalue weighted by atomic mass is 9.79. The Morgan fingerprint density at radius 2 is 1.54 bits per heavy atom. The van der Waals surface area contributed by atoms with Crippen molar-refractivity contribution in [2.45, 2.75) is 57.1 Å². The Labute approximate surface area is 303 Å². The molecule has 0 saturated carbocycles. The molecule has 0 saturated heterocycles. The summed E-state index contributed by atoms with van der Waals surface area (Å²) in [5.41, 5.74) is 12.0. The van der Waals surface area contributed by atoms with E-state index in [0.29, 0.717) is 0 Å². The van der Waals surface area contributed by atoms with Crippen LogP contribution in [0.5, 0.6) is 0 Å². The second-order valence-corrected chi connectivity index (χ2v) is 14.9. The summed E-state index contributed by atoms with van der Waals surface area (Å²) >= 11 is 0. The fourth-order valence-electron chi connectivity index (χ4n) is 9.63. The molecule has 3 aliphatic carbocycles. The van der Waals surface area contributed by atoms with Gasteiger partial charge in [0.2, 0.25) is 0 Å². The molecule has 5 aromatic carbocycles. The maximum Gasteiger partial charge on any atom is 0.137 e. The molecule has 0 spiro atoms. The van der Waals surface area contributed by atoms with Gasteiger partial charge in [-0.2, -0.15) is 0 Å². The molecule has 3 heterocycles. The van der Waals surface area contributed by atoms with Crippen molar-refractivity contribution in [3.63, 3.8) is 0 Å². The topological polar surface area (TPSA) is 30.5 Å². The smallest absolute Gasteiger partial charge is 0.137 e. The van der Waals surface area contributed by atoms with Gasteiger partial charge >= 0.3 is 0 Å². The van der Waals surface area contributed by atoms with Crippen molar-refractivity contribution in [1.29, 1.82) is 0 Å². The van der Waals surface area contributed by atoms with E-state index in [1.807, 2.05) is 0 Å². The molecule has 4 nitrogen and oxygen atoms in total. The van der Waals surface area contributed by atoms with Crippen LogP contribution < -0.4 is 4.90 Å². The van der Waals surface area contributed by atoms with E-state index in [9.17, 15) is 0 Å². The van der Waals surface area contributed by atoms with Gasteiger partial charge in [0.05, 0.1) is 22.1 Å². The molecule has 2 aromatic heterocycles. The Hall–Kier alpha value is -5.74. The van der Waals surface area contributed by atoms with Gasteiger partial charge in [-0.25, -0.2) is 0 Å². The van der Waals surface area contributed by atoms with Gasteiger partial charge < -0.3 is 18.6 Å². The first kappa shape index (κ1) is 29.9. The Morgan fingerprint density at radius 1 is 0.692 bits per heavy atom. The largest absolute Gasteiger partial charge is 0.490 e. The van der Waals surface area contributed by atoms with Crippen molar-refractivity contribution < 1.29 is 9.15 Å². The SMILES string of the molecule is C1=CC2=C(CC1)OC1C=CCC(N(c3ccc4c(c3)c3cc(C5=CCCCC5)ccc3n4-c3ccccc3)c3cccc4oc5ccccc5c34)C21. The minimum Gasteiger partial charge on any atom is -0.490 e. The molecule has 4 aliphatic rings. The summed E-state index contributed by atoms with van der Waals surface area (Å²) in [6, 6.07) is 40.3. The second kappa shape index (κ2) is 11.9. The molecule has 0 fully saturated rings. The standard InChI is InChI=1S/C48H40N2O2/c1-3-13-31(14-4-1)32-25-27-39-37(29-32)38-30-34(26-28-40(38)49(39)33-15-5-2-6-16-33)50(41-19-11-23-45-47(41)35-17-7-9-21-43(35)51-45)42-20-12-24-46-48(42)36-18-8-10-22-44(36)52-46/h2,5-9,11-13,15-19,21,23-30,42,46,48H,1,3-4,10,14,20,22H2. The summed E-state index contributed by atoms with van der Waals surface area (Å²) < 4.78 is 15.6. The summed E-state index contributed by atoms with van der Waals surface area (Å²) in [4.78, 5) is 2.63. The summed E-state index contributed by atoms with van der Waals surface area (Å²) in [6.45, 7) is 0. The molecule has 254 valence electrons. The van der Waals surface area contributed by atoms with Gasteiger partial charge in [-0.15, -0.1) is 0 Å². The monoisotopic (exact) mass is 676 g/mol. The van der Waals surface area contributed by atoms with Crippen LogP contribution in [0.4, 0.5) is 11.4 Å². The van der Waals surface area contributed by atoms with E-state index in [-0.39, 0.29) is 18.1 Å². The number of rotatable bonds is 5. The van der Waals surface area contributed by atoms with Crippen LogP contribution in [0, 0.1) is 5.92 Å². The van der Waals surface area contributed by atoms with Crippen LogP contribution >= 0.6 is 0 Å². The Morgan fingerprint density at radius 3 is 2.44 bits per heavy atom. The van der Waals surface area contributed by atoms with E-state index in [1.165, 1.54) is 80.6 Å². The van der Waals surface area contributed by atoms with Crippen LogP contribution in [0.3, 0.4) is 0 Å². The van der Waals surface area contributed by atoms with E-state index >= 15 is 0 Å². The van der Waals surface area contributed by atoms with Crippen molar-refractivity contribution in [2.75, 3.05) is 4.90 Å². The third-order valence-electron chi connectivity index (χ3n) is 11.9. The molecular formula is C48H40N2O2. The number of anilines is 2. The Balaban J connectivity index is 1.18. The summed E-state index contributed by atoms with van der Waals surface area (Å²) in [5.74, 6) is 1.39. The zero-order chi connectivity index (χ0) is 34.2. The molecule has 1 aliphatic heterocycles. The first-order valence-corrected chi connectivity index (χ1v) is 19.1. The first-order valence-electron chi connectivity index (χ1n) is 19.1. The van der Waals surface area contributed by atoms with Crippen molar-refractivity contribution in [2.24, 2.45) is 5.92 Å². The lowest BCUT2D eigenvalue weighted by Gasteiger charge is -2.41. The van der Waals surface area contributed by atoms with Crippen molar-refractivity contribution >= 4 is 60.7 Å². The van der Waals surface area contributed by atoms with Gasteiger partial charge in [0, 0.05) is 45.9 Å². The zero-order valence-corrected chi connectivity index (χ0v) is 29.2. The van der Waals surface area contributed by atoms with Crippen LogP contribution in [0.25, 0.3) is 55.0 Å². The normalized spacial score (nSPS) is 21.2. The van der Waals surface area contributed by atoms with Crippen LogP contribution in [0.15, 0.2) is 155 Å². The highest BCUT2D eigenvalue weighted by Gasteiger charge is 2.44. The van der Waals surface area contributed by atoms with E-state index in [4.69, 9.17) is 9.15 Å². The van der Waals surface area contributed by atoms with Gasteiger partial charge in [-0.1, -0.05) is 72.8 Å². The minimum absolute atomic E-state index is 0.0318. The number of ether oxygens (including phenoxy) is 1. The summed E-state index contributed by atoms with van der Waals surface area (Å²) in [6.07, 6.45) is 19.6. The molecule has 0 N–H and O–H groups in total. The van der Waals surface area contributed by atoms with Crippen LogP contribution in [-0.2, 0) is 4.74 Å². The fourth-order valence-corrected chi connectivity index (χ4v) is 9.63. The lowest BCUT2D eigenvalue weighted by molar-refractivity contribution is 0.132. The number of aromatic nitrogens is 1. The number of allylic oxidation sites excluding steroid dienone is 5. The van der Waals surface area contributed by atoms with E-state index in [1.54, 1.807) is 0 Å². The van der Waals surface area contributed by atoms with E-state index in [2.05, 4.69) is 149 Å². The van der Waals surface area contributed by atoms with Gasteiger partial charge in [0.25, 0.3) is 0 Å². The van der Waals surface area contributed by atoms with Gasteiger partial charge in [0.1, 0.15) is 23.0 Å². The van der Waals surface area contributed by atoms with Crippen molar-refractivity contribution in [3.8, 4) is 5.69 Å². The van der Waals surface area contributed by atoms with Crippen LogP contribution in [0.1, 0.15) is 50.5 Å². The molecule has 3 atom stereocenters. The maximum absolute atomic E-state index is 6.70. The van der Waals surface area contributed by atoms with Crippen molar-refractivity contribution in [3.05, 3.63) is 156 Å². The number of para-hydroxylation sites is 2. The predicted molar refractivity (Wildman–Crippen MR) is 214 cm³/mol. The molecular weight excluding hydrogens is 637 g/mol. The highest BCUT2D eigenvalue weighted by molar-refractivity contribution is 6.14. The molecule has 52 heavy (non-hydrogen) atoms. The quantitative estimate of drug-likeness (QED) is 0.170. The number of hydrogen-bond acceptors (Lipinski definition) is 3. The molecule has 0 radical (unpaired) electrons. The summed E-state index contributed by atoms with van der Waals surface area (Å²) in [7, 11) is 0. The van der Waals surface area contributed by atoms with Gasteiger partial charge in [-0.05, 0) is 122 Å². The second-order valence-electron chi connectivity index (χ2n) is 14.9. The third kappa shape index (κ3) is 4.60. The van der Waals surface area contributed by atoms with E-state index in [0.717, 1.165) is 47.6 Å². The fraction of sp³-hybridized carbons (Fsp3) is 0.208. The Bertz CT molecular complexity index is 2670. The number of fused-ring (bicyclic) bond motifs is 8. The third-order valence-corrected chi connectivity index (χ3v) is 11.9. The first-order chi connectivity index (χ1) is 25.8. The van der Waals surface area contributed by atoms with Crippen LogP contribution in [-0.4, -0.2) is 16.7 Å². The number of benzene rings is 5. The molecule has 3 unspecified atom stereocenters. The average molecular weight is 677 g/mol. The average Bonchev–Trinajstić information content (AvgIpc) is 3.88.